The smallest absolute Gasteiger partial charge is 0.224 e. The molecular weight excluding hydrogens is 471 g/mol. The topological polar surface area (TPSA) is 75.7 Å². The van der Waals surface area contributed by atoms with E-state index in [0.717, 1.165) is 11.3 Å². The van der Waals surface area contributed by atoms with Crippen LogP contribution in [0.5, 0.6) is 5.75 Å². The van der Waals surface area contributed by atoms with Gasteiger partial charge in [0, 0.05) is 13.1 Å². The van der Waals surface area contributed by atoms with Gasteiger partial charge in [-0.2, -0.15) is 0 Å². The quantitative estimate of drug-likeness (QED) is 0.549. The minimum atomic E-state index is -3.57. The van der Waals surface area contributed by atoms with Crippen LogP contribution >= 0.6 is 23.2 Å². The van der Waals surface area contributed by atoms with Gasteiger partial charge in [0.25, 0.3) is 0 Å². The molecule has 6 nitrogen and oxygen atoms in total. The van der Waals surface area contributed by atoms with E-state index in [1.807, 2.05) is 32.0 Å². The predicted octanol–water partition coefficient (Wildman–Crippen LogP) is 4.35. The van der Waals surface area contributed by atoms with E-state index in [9.17, 15) is 13.2 Å². The summed E-state index contributed by atoms with van der Waals surface area (Å²) in [5.74, 6) is 0.0545. The van der Waals surface area contributed by atoms with Crippen molar-refractivity contribution < 1.29 is 17.9 Å². The molecule has 1 atom stereocenters. The average molecular weight is 499 g/mol. The van der Waals surface area contributed by atoms with Gasteiger partial charge in [0.05, 0.1) is 28.3 Å². The number of hydrogen-bond donors (Lipinski definition) is 1. The zero-order chi connectivity index (χ0) is 23.3. The van der Waals surface area contributed by atoms with E-state index in [4.69, 9.17) is 27.9 Å². The molecule has 0 radical (unpaired) electrons. The van der Waals surface area contributed by atoms with Crippen LogP contribution in [0.15, 0.2) is 36.4 Å². The first-order valence-corrected chi connectivity index (χ1v) is 12.9. The van der Waals surface area contributed by atoms with Gasteiger partial charge in [0.2, 0.25) is 15.9 Å². The van der Waals surface area contributed by atoms with E-state index in [2.05, 4.69) is 5.32 Å². The monoisotopic (exact) mass is 498 g/mol. The number of aryl methyl sites for hydroxylation is 2. The molecule has 1 amide bonds. The first kappa shape index (κ1) is 24.8. The summed E-state index contributed by atoms with van der Waals surface area (Å²) in [7, 11) is -3.57. The number of carbonyl (C=O) groups excluding carboxylic acids is 1. The van der Waals surface area contributed by atoms with Crippen molar-refractivity contribution in [2.45, 2.75) is 32.4 Å². The average Bonchev–Trinajstić information content (AvgIpc) is 2.76. The number of sulfonamides is 1. The molecule has 0 unspecified atom stereocenters. The molecule has 1 heterocycles. The predicted molar refractivity (Wildman–Crippen MR) is 128 cm³/mol. The van der Waals surface area contributed by atoms with E-state index in [1.54, 1.807) is 18.2 Å². The number of benzene rings is 2. The number of halogens is 2. The van der Waals surface area contributed by atoms with Crippen molar-refractivity contribution in [1.82, 2.24) is 9.62 Å². The van der Waals surface area contributed by atoms with Gasteiger partial charge in [0.1, 0.15) is 12.4 Å². The molecule has 0 aromatic heterocycles. The minimum Gasteiger partial charge on any atom is -0.492 e. The molecule has 32 heavy (non-hydrogen) atoms. The highest BCUT2D eigenvalue weighted by Crippen LogP contribution is 2.26. The molecule has 1 fully saturated rings. The van der Waals surface area contributed by atoms with Gasteiger partial charge in [-0.05, 0) is 67.6 Å². The van der Waals surface area contributed by atoms with E-state index in [0.29, 0.717) is 48.1 Å². The maximum atomic E-state index is 12.9. The van der Waals surface area contributed by atoms with Crippen LogP contribution in [0.2, 0.25) is 10.0 Å². The van der Waals surface area contributed by atoms with Crippen LogP contribution in [0, 0.1) is 19.8 Å². The van der Waals surface area contributed by atoms with Gasteiger partial charge in [-0.15, -0.1) is 0 Å². The molecule has 174 valence electrons. The molecular formula is C23H28Cl2N2O4S. The lowest BCUT2D eigenvalue weighted by molar-refractivity contribution is -0.126. The van der Waals surface area contributed by atoms with Gasteiger partial charge in [-0.25, -0.2) is 12.7 Å². The molecule has 3 rings (SSSR count). The number of nitrogens with one attached hydrogen (secondary N) is 1. The second kappa shape index (κ2) is 10.9. The Hall–Kier alpha value is -1.80. The number of piperidine rings is 1. The third-order valence-corrected chi connectivity index (χ3v) is 8.19. The fourth-order valence-corrected chi connectivity index (χ4v) is 5.55. The normalized spacial score (nSPS) is 17.2. The van der Waals surface area contributed by atoms with E-state index >= 15 is 0 Å². The van der Waals surface area contributed by atoms with Crippen LogP contribution in [0.25, 0.3) is 0 Å². The van der Waals surface area contributed by atoms with Gasteiger partial charge < -0.3 is 10.1 Å². The summed E-state index contributed by atoms with van der Waals surface area (Å²) in [6, 6.07) is 10.7. The Labute approximate surface area is 199 Å². The Morgan fingerprint density at radius 2 is 1.91 bits per heavy atom. The van der Waals surface area contributed by atoms with Gasteiger partial charge >= 0.3 is 0 Å². The first-order chi connectivity index (χ1) is 15.2. The number of hydrogen-bond acceptors (Lipinski definition) is 4. The number of ether oxygens (including phenoxy) is 1. The summed E-state index contributed by atoms with van der Waals surface area (Å²) in [6.07, 6.45) is 1.29. The number of carbonyl (C=O) groups is 1. The zero-order valence-electron chi connectivity index (χ0n) is 18.2. The van der Waals surface area contributed by atoms with Crippen LogP contribution in [0.4, 0.5) is 0 Å². The molecule has 0 spiro atoms. The van der Waals surface area contributed by atoms with E-state index in [-0.39, 0.29) is 24.1 Å². The Morgan fingerprint density at radius 1 is 1.12 bits per heavy atom. The lowest BCUT2D eigenvalue weighted by atomic mass is 9.99. The summed E-state index contributed by atoms with van der Waals surface area (Å²) in [5, 5.41) is 3.56. The molecule has 2 aromatic carbocycles. The van der Waals surface area contributed by atoms with Crippen molar-refractivity contribution >= 4 is 39.1 Å². The number of nitrogens with zero attached hydrogens (tertiary/aromatic N) is 1. The van der Waals surface area contributed by atoms with Crippen molar-refractivity contribution in [2.24, 2.45) is 5.92 Å². The van der Waals surface area contributed by atoms with Crippen LogP contribution in [-0.2, 0) is 20.6 Å². The highest BCUT2D eigenvalue weighted by Gasteiger charge is 2.32. The van der Waals surface area contributed by atoms with E-state index in [1.165, 1.54) is 9.87 Å². The van der Waals surface area contributed by atoms with Crippen molar-refractivity contribution in [1.29, 1.82) is 0 Å². The number of rotatable bonds is 8. The van der Waals surface area contributed by atoms with Gasteiger partial charge in [-0.3, -0.25) is 4.79 Å². The van der Waals surface area contributed by atoms with Crippen LogP contribution in [0.3, 0.4) is 0 Å². The van der Waals surface area contributed by atoms with Gasteiger partial charge in [-0.1, -0.05) is 35.3 Å². The van der Waals surface area contributed by atoms with Crippen LogP contribution in [0.1, 0.15) is 29.5 Å². The number of amides is 1. The molecule has 1 aliphatic rings. The SMILES string of the molecule is Cc1ccc(OCCNC(=O)[C@H]2CCCN(S(=O)(=O)Cc3ccc(Cl)c(Cl)c3)C2)cc1C. The zero-order valence-corrected chi connectivity index (χ0v) is 20.6. The molecule has 0 aliphatic carbocycles. The summed E-state index contributed by atoms with van der Waals surface area (Å²) in [5.41, 5.74) is 2.91. The molecule has 1 aliphatic heterocycles. The highest BCUT2D eigenvalue weighted by molar-refractivity contribution is 7.88. The van der Waals surface area contributed by atoms with Crippen molar-refractivity contribution in [3.8, 4) is 5.75 Å². The first-order valence-electron chi connectivity index (χ1n) is 10.6. The molecule has 2 aromatic rings. The molecule has 0 saturated carbocycles. The third kappa shape index (κ3) is 6.61. The fourth-order valence-electron chi connectivity index (χ4n) is 3.63. The van der Waals surface area contributed by atoms with Crippen molar-refractivity contribution in [2.75, 3.05) is 26.2 Å². The summed E-state index contributed by atoms with van der Waals surface area (Å²) < 4.78 is 32.9. The maximum Gasteiger partial charge on any atom is 0.224 e. The standard InChI is InChI=1S/C23H28Cl2N2O4S/c1-16-5-7-20(12-17(16)2)31-11-9-26-23(28)19-4-3-10-27(14-19)32(29,30)15-18-6-8-21(24)22(25)13-18/h5-8,12-13,19H,3-4,9-11,14-15H2,1-2H3,(H,26,28)/t19-/m0/s1. The fraction of sp³-hybridized carbons (Fsp3) is 0.435. The summed E-state index contributed by atoms with van der Waals surface area (Å²) in [4.78, 5) is 12.6. The molecule has 1 N–H and O–H groups in total. The van der Waals surface area contributed by atoms with Crippen molar-refractivity contribution in [3.05, 3.63) is 63.1 Å². The Balaban J connectivity index is 1.50. The minimum absolute atomic E-state index is 0.150. The van der Waals surface area contributed by atoms with Crippen LogP contribution < -0.4 is 10.1 Å². The van der Waals surface area contributed by atoms with Crippen LogP contribution in [-0.4, -0.2) is 44.9 Å². The third-order valence-electron chi connectivity index (χ3n) is 5.63. The Kier molecular flexibility index (Phi) is 8.44. The van der Waals surface area contributed by atoms with Crippen molar-refractivity contribution in [3.63, 3.8) is 0 Å². The van der Waals surface area contributed by atoms with E-state index < -0.39 is 10.0 Å². The summed E-state index contributed by atoms with van der Waals surface area (Å²) >= 11 is 11.9. The molecule has 0 bridgehead atoms. The molecule has 9 heteroatoms. The lowest BCUT2D eigenvalue weighted by Crippen LogP contribution is -2.46. The second-order valence-electron chi connectivity index (χ2n) is 8.09. The molecule has 1 saturated heterocycles. The second-order valence-corrected chi connectivity index (χ2v) is 10.9. The summed E-state index contributed by atoms with van der Waals surface area (Å²) in [6.45, 7) is 5.35. The Bertz CT molecular complexity index is 1080. The largest absolute Gasteiger partial charge is 0.492 e. The Morgan fingerprint density at radius 3 is 2.62 bits per heavy atom. The maximum absolute atomic E-state index is 12.9. The lowest BCUT2D eigenvalue weighted by Gasteiger charge is -2.31. The van der Waals surface area contributed by atoms with Gasteiger partial charge in [0.15, 0.2) is 0 Å². The highest BCUT2D eigenvalue weighted by atomic mass is 35.5.